The number of rotatable bonds is 12. The number of esters is 1. The van der Waals surface area contributed by atoms with E-state index in [1.807, 2.05) is 42.5 Å². The fraction of sp³-hybridized carbons (Fsp3) is 0.571. The van der Waals surface area contributed by atoms with Crippen molar-refractivity contribution in [1.82, 2.24) is 24.8 Å². The first-order chi connectivity index (χ1) is 30.8. The van der Waals surface area contributed by atoms with Crippen molar-refractivity contribution < 1.29 is 42.1 Å². The number of carbonyl (C=O) groups excluding carboxylic acids is 2. The highest BCUT2D eigenvalue weighted by atomic mass is 28.3. The maximum Gasteiger partial charge on any atom is 0.410 e. The van der Waals surface area contributed by atoms with Crippen molar-refractivity contribution in [2.75, 3.05) is 59.2 Å². The SMILES string of the molecule is COCOc1cc(-c2ncc3c(N4C[C@H]5CC[C@@H](C4)N5C(=O)OC(C)(C)C)nc(OC[C@@]4(C(=O)OC)CCCN4C)nc3c2F)c2c(C#C[Si](C(C)C)(C(C)C)C(C)C)c(F)ccc2c1. The highest BCUT2D eigenvalue weighted by molar-refractivity contribution is 6.90. The molecule has 3 atom stereocenters. The van der Waals surface area contributed by atoms with E-state index < -0.39 is 36.8 Å². The van der Waals surface area contributed by atoms with Crippen LogP contribution in [0.4, 0.5) is 19.4 Å². The largest absolute Gasteiger partial charge is 0.468 e. The summed E-state index contributed by atoms with van der Waals surface area (Å²) in [5.41, 5.74) is 2.98. The second-order valence-electron chi connectivity index (χ2n) is 19.7. The molecule has 0 spiro atoms. The number of halogens is 2. The number of piperazine rings is 1. The van der Waals surface area contributed by atoms with Crippen LogP contribution in [0.25, 0.3) is 32.9 Å². The highest BCUT2D eigenvalue weighted by Crippen LogP contribution is 2.43. The molecule has 2 bridgehead atoms. The van der Waals surface area contributed by atoms with Gasteiger partial charge in [-0.05, 0) is 100 Å². The molecule has 13 nitrogen and oxygen atoms in total. The number of likely N-dealkylation sites (tertiary alicyclic amines) is 1. The molecule has 5 heterocycles. The molecule has 65 heavy (non-hydrogen) atoms. The molecule has 1 amide bonds. The third kappa shape index (κ3) is 8.95. The molecule has 2 aromatic heterocycles. The summed E-state index contributed by atoms with van der Waals surface area (Å²) in [6.07, 6.45) is 3.90. The number of ether oxygens (including phenoxy) is 5. The predicted molar refractivity (Wildman–Crippen MR) is 250 cm³/mol. The van der Waals surface area contributed by atoms with Crippen molar-refractivity contribution in [1.29, 1.82) is 0 Å². The van der Waals surface area contributed by atoms with E-state index >= 15 is 8.78 Å². The van der Waals surface area contributed by atoms with E-state index in [2.05, 4.69) is 53.0 Å². The Labute approximate surface area is 382 Å². The first-order valence-corrected chi connectivity index (χ1v) is 25.0. The van der Waals surface area contributed by atoms with Crippen LogP contribution in [-0.2, 0) is 19.0 Å². The standard InChI is InChI=1S/C49H64F2N6O7Si/c1-29(2)65(30(3)4,31(5)6)21-18-36-39(50)17-14-32-22-35(63-28-60-11)23-37(40(32)36)42-41(51)43-38(24-52-42)44(54-46(53-43)62-27-49(45(58)61-12)19-13-20-55(49)10)56-25-33-15-16-34(26-56)57(33)47(59)64-48(7,8)9/h14,17,22-24,29-31,33-34H,13,15-16,19-20,25-28H2,1-12H3/t33-,34+,49-/m1/s1. The van der Waals surface area contributed by atoms with Gasteiger partial charge in [0, 0.05) is 37.3 Å². The first-order valence-electron chi connectivity index (χ1n) is 22.7. The monoisotopic (exact) mass is 914 g/mol. The average Bonchev–Trinajstić information content (AvgIpc) is 3.76. The van der Waals surface area contributed by atoms with Crippen LogP contribution in [0.15, 0.2) is 30.5 Å². The van der Waals surface area contributed by atoms with Crippen LogP contribution in [0.3, 0.4) is 0 Å². The van der Waals surface area contributed by atoms with Crippen molar-refractivity contribution in [2.45, 2.75) is 128 Å². The van der Waals surface area contributed by atoms with E-state index in [0.717, 1.165) is 19.3 Å². The Kier molecular flexibility index (Phi) is 13.7. The molecule has 0 aliphatic carbocycles. The second kappa shape index (κ2) is 18.6. The van der Waals surface area contributed by atoms with Crippen molar-refractivity contribution >= 4 is 47.6 Å². The van der Waals surface area contributed by atoms with E-state index in [9.17, 15) is 9.59 Å². The van der Waals surface area contributed by atoms with Crippen LogP contribution >= 0.6 is 0 Å². The fourth-order valence-electron chi connectivity index (χ4n) is 10.6. The highest BCUT2D eigenvalue weighted by Gasteiger charge is 2.49. The lowest BCUT2D eigenvalue weighted by Gasteiger charge is -2.42. The van der Waals surface area contributed by atoms with Gasteiger partial charge in [-0.2, -0.15) is 9.97 Å². The van der Waals surface area contributed by atoms with Crippen molar-refractivity contribution in [3.05, 3.63) is 47.7 Å². The number of anilines is 1. The number of pyridine rings is 1. The Morgan fingerprint density at radius 1 is 0.969 bits per heavy atom. The summed E-state index contributed by atoms with van der Waals surface area (Å²) in [6.45, 7) is 19.9. The minimum Gasteiger partial charge on any atom is -0.468 e. The molecule has 3 saturated heterocycles. The van der Waals surface area contributed by atoms with Gasteiger partial charge in [0.05, 0.1) is 30.1 Å². The predicted octanol–water partition coefficient (Wildman–Crippen LogP) is 9.28. The van der Waals surface area contributed by atoms with Gasteiger partial charge < -0.3 is 28.6 Å². The lowest BCUT2D eigenvalue weighted by Crippen LogP contribution is -2.57. The Balaban J connectivity index is 1.42. The molecule has 4 aromatic rings. The lowest BCUT2D eigenvalue weighted by atomic mass is 9.95. The molecule has 2 aromatic carbocycles. The molecular formula is C49H64F2N6O7Si. The maximum absolute atomic E-state index is 17.9. The number of fused-ring (bicyclic) bond motifs is 4. The molecular weight excluding hydrogens is 851 g/mol. The number of aromatic nitrogens is 3. The summed E-state index contributed by atoms with van der Waals surface area (Å²) in [6, 6.07) is 5.87. The van der Waals surface area contributed by atoms with Gasteiger partial charge in [-0.15, -0.1) is 5.54 Å². The van der Waals surface area contributed by atoms with Gasteiger partial charge in [0.1, 0.15) is 48.9 Å². The molecule has 3 aliphatic heterocycles. The summed E-state index contributed by atoms with van der Waals surface area (Å²) in [5.74, 6) is 2.27. The molecule has 0 unspecified atom stereocenters. The molecule has 0 radical (unpaired) electrons. The minimum atomic E-state index is -2.34. The topological polar surface area (TPSA) is 129 Å². The number of methoxy groups -OCH3 is 2. The number of amides is 1. The molecule has 350 valence electrons. The number of hydrogen-bond acceptors (Lipinski definition) is 12. The zero-order valence-electron chi connectivity index (χ0n) is 39.9. The van der Waals surface area contributed by atoms with E-state index in [-0.39, 0.29) is 59.9 Å². The van der Waals surface area contributed by atoms with Gasteiger partial charge in [0.25, 0.3) is 0 Å². The van der Waals surface area contributed by atoms with Crippen molar-refractivity contribution in [3.8, 4) is 34.5 Å². The molecule has 0 N–H and O–H groups in total. The Hall–Kier alpha value is -5.11. The number of benzene rings is 2. The van der Waals surface area contributed by atoms with Gasteiger partial charge in [-0.1, -0.05) is 53.5 Å². The van der Waals surface area contributed by atoms with Crippen LogP contribution in [0.2, 0.25) is 16.6 Å². The smallest absolute Gasteiger partial charge is 0.410 e. The van der Waals surface area contributed by atoms with Crippen LogP contribution in [0.5, 0.6) is 11.8 Å². The average molecular weight is 915 g/mol. The summed E-state index contributed by atoms with van der Waals surface area (Å²) < 4.78 is 62.8. The third-order valence-corrected chi connectivity index (χ3v) is 20.0. The number of hydrogen-bond donors (Lipinski definition) is 0. The van der Waals surface area contributed by atoms with Gasteiger partial charge >= 0.3 is 18.1 Å². The van der Waals surface area contributed by atoms with Crippen molar-refractivity contribution in [3.63, 3.8) is 0 Å². The Morgan fingerprint density at radius 2 is 1.65 bits per heavy atom. The molecule has 3 fully saturated rings. The molecule has 3 aliphatic rings. The first kappa shape index (κ1) is 47.8. The normalized spacial score (nSPS) is 20.3. The summed E-state index contributed by atoms with van der Waals surface area (Å²) in [7, 11) is 2.34. The summed E-state index contributed by atoms with van der Waals surface area (Å²) >= 11 is 0. The number of nitrogens with zero attached hydrogens (tertiary/aromatic N) is 6. The Morgan fingerprint density at radius 3 is 2.23 bits per heavy atom. The van der Waals surface area contributed by atoms with Gasteiger partial charge in [-0.3, -0.25) is 14.8 Å². The number of carbonyl (C=O) groups is 2. The van der Waals surface area contributed by atoms with E-state index in [1.165, 1.54) is 26.5 Å². The van der Waals surface area contributed by atoms with Gasteiger partial charge in [0.2, 0.25) is 0 Å². The summed E-state index contributed by atoms with van der Waals surface area (Å²) in [5, 5.41) is 1.27. The van der Waals surface area contributed by atoms with E-state index in [4.69, 9.17) is 38.6 Å². The quantitative estimate of drug-likeness (QED) is 0.0582. The molecule has 16 heteroatoms. The van der Waals surface area contributed by atoms with Crippen LogP contribution in [-0.4, -0.2) is 122 Å². The molecule has 0 saturated carbocycles. The minimum absolute atomic E-state index is 0.0829. The Bertz CT molecular complexity index is 2490. The van der Waals surface area contributed by atoms with Crippen molar-refractivity contribution in [2.24, 2.45) is 0 Å². The van der Waals surface area contributed by atoms with Crippen LogP contribution in [0, 0.1) is 23.1 Å². The maximum atomic E-state index is 17.9. The number of likely N-dealkylation sites (N-methyl/N-ethyl adjacent to an activating group) is 1. The van der Waals surface area contributed by atoms with Crippen LogP contribution < -0.4 is 14.4 Å². The third-order valence-electron chi connectivity index (χ3n) is 13.8. The lowest BCUT2D eigenvalue weighted by molar-refractivity contribution is -0.154. The van der Waals surface area contributed by atoms with Crippen LogP contribution in [0.1, 0.15) is 93.6 Å². The van der Waals surface area contributed by atoms with Gasteiger partial charge in [0.15, 0.2) is 18.1 Å². The molecule has 7 rings (SSSR count). The van der Waals surface area contributed by atoms with E-state index in [1.54, 1.807) is 18.2 Å². The second-order valence-corrected chi connectivity index (χ2v) is 25.3. The van der Waals surface area contributed by atoms with E-state index in [0.29, 0.717) is 70.4 Å². The zero-order chi connectivity index (χ0) is 47.2. The summed E-state index contributed by atoms with van der Waals surface area (Å²) in [4.78, 5) is 46.8. The fourth-order valence-corrected chi connectivity index (χ4v) is 15.8. The van der Waals surface area contributed by atoms with Gasteiger partial charge in [-0.25, -0.2) is 18.4 Å². The zero-order valence-corrected chi connectivity index (χ0v) is 40.9.